The van der Waals surface area contributed by atoms with Crippen LogP contribution in [0.2, 0.25) is 5.15 Å². The van der Waals surface area contributed by atoms with Gasteiger partial charge in [-0.05, 0) is 25.8 Å². The van der Waals surface area contributed by atoms with Crippen LogP contribution in [0.3, 0.4) is 0 Å². The third-order valence-electron chi connectivity index (χ3n) is 4.01. The average Bonchev–Trinajstić information content (AvgIpc) is 2.50. The van der Waals surface area contributed by atoms with Gasteiger partial charge in [0.2, 0.25) is 0 Å². The maximum atomic E-state index is 12.1. The molecule has 0 saturated carbocycles. The second-order valence-electron chi connectivity index (χ2n) is 6.34. The van der Waals surface area contributed by atoms with Gasteiger partial charge in [0, 0.05) is 38.3 Å². The Balaban J connectivity index is 2.16. The number of ether oxygens (including phenoxy) is 1. The van der Waals surface area contributed by atoms with Crippen molar-refractivity contribution in [3.05, 3.63) is 22.3 Å². The zero-order valence-electron chi connectivity index (χ0n) is 14.4. The van der Waals surface area contributed by atoms with Crippen LogP contribution in [-0.2, 0) is 4.74 Å². The van der Waals surface area contributed by atoms with Crippen molar-refractivity contribution in [2.24, 2.45) is 5.92 Å². The van der Waals surface area contributed by atoms with Crippen LogP contribution in [0.1, 0.15) is 36.7 Å². The number of aromatic nitrogens is 1. The lowest BCUT2D eigenvalue weighted by Crippen LogP contribution is -2.48. The molecule has 2 rings (SSSR count). The highest BCUT2D eigenvalue weighted by Gasteiger charge is 2.23. The molecule has 1 saturated heterocycles. The summed E-state index contributed by atoms with van der Waals surface area (Å²) in [6, 6.07) is 1.59. The highest BCUT2D eigenvalue weighted by atomic mass is 35.5. The number of hydrogen-bond donors (Lipinski definition) is 0. The Kier molecular flexibility index (Phi) is 6.25. The van der Waals surface area contributed by atoms with Crippen molar-refractivity contribution in [2.45, 2.75) is 27.7 Å². The first-order valence-electron chi connectivity index (χ1n) is 8.24. The lowest BCUT2D eigenvalue weighted by atomic mass is 10.1. The molecule has 2 heterocycles. The molecule has 0 aromatic carbocycles. The molecule has 0 amide bonds. The van der Waals surface area contributed by atoms with Gasteiger partial charge in [-0.3, -0.25) is 4.90 Å². The number of esters is 1. The van der Waals surface area contributed by atoms with Crippen LogP contribution in [0.25, 0.3) is 0 Å². The number of pyridine rings is 1. The minimum absolute atomic E-state index is 0.332. The Morgan fingerprint density at radius 2 is 2.00 bits per heavy atom. The van der Waals surface area contributed by atoms with E-state index in [2.05, 4.69) is 28.6 Å². The van der Waals surface area contributed by atoms with Gasteiger partial charge in [0.25, 0.3) is 0 Å². The van der Waals surface area contributed by atoms with E-state index in [1.165, 1.54) is 0 Å². The molecule has 5 nitrogen and oxygen atoms in total. The standard InChI is InChI=1S/C17H26ClN3O2/c1-5-23-17(22)14-10-15(18)19-16(13(14)4)21-8-6-20(7-9-21)11-12(2)3/h10,12H,5-9,11H2,1-4H3. The van der Waals surface area contributed by atoms with Crippen LogP contribution in [0.4, 0.5) is 5.82 Å². The summed E-state index contributed by atoms with van der Waals surface area (Å²) >= 11 is 6.13. The first-order chi connectivity index (χ1) is 10.9. The summed E-state index contributed by atoms with van der Waals surface area (Å²) in [5.41, 5.74) is 1.34. The number of piperazine rings is 1. The summed E-state index contributed by atoms with van der Waals surface area (Å²) in [6.07, 6.45) is 0. The molecular weight excluding hydrogens is 314 g/mol. The minimum Gasteiger partial charge on any atom is -0.462 e. The average molecular weight is 340 g/mol. The highest BCUT2D eigenvalue weighted by Crippen LogP contribution is 2.26. The molecule has 1 aliphatic heterocycles. The highest BCUT2D eigenvalue weighted by molar-refractivity contribution is 6.30. The summed E-state index contributed by atoms with van der Waals surface area (Å²) < 4.78 is 5.11. The number of carbonyl (C=O) groups excluding carboxylic acids is 1. The van der Waals surface area contributed by atoms with Gasteiger partial charge >= 0.3 is 5.97 Å². The monoisotopic (exact) mass is 339 g/mol. The second-order valence-corrected chi connectivity index (χ2v) is 6.73. The number of rotatable bonds is 5. The van der Waals surface area contributed by atoms with Crippen LogP contribution in [0.5, 0.6) is 0 Å². The van der Waals surface area contributed by atoms with Gasteiger partial charge in [0.15, 0.2) is 0 Å². The number of anilines is 1. The number of nitrogens with zero attached hydrogens (tertiary/aromatic N) is 3. The van der Waals surface area contributed by atoms with E-state index in [4.69, 9.17) is 16.3 Å². The molecule has 0 bridgehead atoms. The molecule has 128 valence electrons. The van der Waals surface area contributed by atoms with E-state index in [1.54, 1.807) is 13.0 Å². The fourth-order valence-electron chi connectivity index (χ4n) is 2.95. The molecule has 0 N–H and O–H groups in total. The Morgan fingerprint density at radius 1 is 1.35 bits per heavy atom. The van der Waals surface area contributed by atoms with Gasteiger partial charge < -0.3 is 9.64 Å². The van der Waals surface area contributed by atoms with Gasteiger partial charge in [-0.25, -0.2) is 9.78 Å². The molecule has 0 aliphatic carbocycles. The Morgan fingerprint density at radius 3 is 2.57 bits per heavy atom. The number of halogens is 1. The van der Waals surface area contributed by atoms with Gasteiger partial charge in [0.05, 0.1) is 12.2 Å². The summed E-state index contributed by atoms with van der Waals surface area (Å²) in [7, 11) is 0. The van der Waals surface area contributed by atoms with Crippen LogP contribution < -0.4 is 4.90 Å². The zero-order chi connectivity index (χ0) is 17.0. The molecule has 6 heteroatoms. The Bertz CT molecular complexity index is 555. The molecule has 0 unspecified atom stereocenters. The Labute approximate surface area is 143 Å². The lowest BCUT2D eigenvalue weighted by molar-refractivity contribution is 0.0525. The summed E-state index contributed by atoms with van der Waals surface area (Å²) in [6.45, 7) is 13.4. The third-order valence-corrected chi connectivity index (χ3v) is 4.20. The van der Waals surface area contributed by atoms with Gasteiger partial charge in [-0.15, -0.1) is 0 Å². The molecule has 0 spiro atoms. The molecule has 0 radical (unpaired) electrons. The number of carbonyl (C=O) groups is 1. The third kappa shape index (κ3) is 4.58. The maximum Gasteiger partial charge on any atom is 0.338 e. The second kappa shape index (κ2) is 7.97. The molecular formula is C17H26ClN3O2. The molecule has 0 atom stereocenters. The number of hydrogen-bond acceptors (Lipinski definition) is 5. The van der Waals surface area contributed by atoms with Crippen molar-refractivity contribution in [1.82, 2.24) is 9.88 Å². The molecule has 23 heavy (non-hydrogen) atoms. The summed E-state index contributed by atoms with van der Waals surface area (Å²) in [4.78, 5) is 21.2. The quantitative estimate of drug-likeness (QED) is 0.609. The van der Waals surface area contributed by atoms with Gasteiger partial charge in [-0.2, -0.15) is 0 Å². The largest absolute Gasteiger partial charge is 0.462 e. The van der Waals surface area contributed by atoms with E-state index < -0.39 is 0 Å². The van der Waals surface area contributed by atoms with E-state index in [9.17, 15) is 4.79 Å². The van der Waals surface area contributed by atoms with E-state index in [0.29, 0.717) is 23.2 Å². The SMILES string of the molecule is CCOC(=O)c1cc(Cl)nc(N2CCN(CC(C)C)CC2)c1C. The van der Waals surface area contributed by atoms with Crippen molar-refractivity contribution in [2.75, 3.05) is 44.2 Å². The molecule has 1 aromatic heterocycles. The smallest absolute Gasteiger partial charge is 0.338 e. The summed E-state index contributed by atoms with van der Waals surface area (Å²) in [5.74, 6) is 1.13. The molecule has 1 aromatic rings. The normalized spacial score (nSPS) is 16.0. The first-order valence-corrected chi connectivity index (χ1v) is 8.61. The van der Waals surface area contributed by atoms with Crippen molar-refractivity contribution in [3.8, 4) is 0 Å². The minimum atomic E-state index is -0.339. The van der Waals surface area contributed by atoms with Crippen molar-refractivity contribution in [3.63, 3.8) is 0 Å². The summed E-state index contributed by atoms with van der Waals surface area (Å²) in [5, 5.41) is 0.332. The van der Waals surface area contributed by atoms with Crippen LogP contribution >= 0.6 is 11.6 Å². The topological polar surface area (TPSA) is 45.7 Å². The zero-order valence-corrected chi connectivity index (χ0v) is 15.2. The molecule has 1 aliphatic rings. The Hall–Kier alpha value is -1.33. The van der Waals surface area contributed by atoms with E-state index in [1.807, 2.05) is 6.92 Å². The first kappa shape index (κ1) is 18.0. The fraction of sp³-hybridized carbons (Fsp3) is 0.647. The van der Waals surface area contributed by atoms with E-state index >= 15 is 0 Å². The van der Waals surface area contributed by atoms with Crippen LogP contribution in [0, 0.1) is 12.8 Å². The van der Waals surface area contributed by atoms with Crippen molar-refractivity contribution < 1.29 is 9.53 Å². The lowest BCUT2D eigenvalue weighted by Gasteiger charge is -2.37. The fourth-order valence-corrected chi connectivity index (χ4v) is 3.14. The van der Waals surface area contributed by atoms with E-state index in [-0.39, 0.29) is 5.97 Å². The predicted octanol–water partition coefficient (Wildman–Crippen LogP) is 3.00. The van der Waals surface area contributed by atoms with Gasteiger partial charge in [0.1, 0.15) is 11.0 Å². The van der Waals surface area contributed by atoms with Crippen LogP contribution in [0.15, 0.2) is 6.07 Å². The van der Waals surface area contributed by atoms with Gasteiger partial charge in [-0.1, -0.05) is 25.4 Å². The molecule has 1 fully saturated rings. The predicted molar refractivity (Wildman–Crippen MR) is 93.4 cm³/mol. The van der Waals surface area contributed by atoms with Crippen molar-refractivity contribution >= 4 is 23.4 Å². The van der Waals surface area contributed by atoms with E-state index in [0.717, 1.165) is 44.1 Å². The van der Waals surface area contributed by atoms with Crippen LogP contribution in [-0.4, -0.2) is 55.2 Å². The maximum absolute atomic E-state index is 12.1. The van der Waals surface area contributed by atoms with Crippen molar-refractivity contribution in [1.29, 1.82) is 0 Å².